The van der Waals surface area contributed by atoms with Gasteiger partial charge in [-0.25, -0.2) is 4.79 Å². The molecule has 0 spiro atoms. The maximum Gasteiger partial charge on any atom is 0.573 e. The van der Waals surface area contributed by atoms with E-state index < -0.39 is 42.4 Å². The van der Waals surface area contributed by atoms with E-state index in [-0.39, 0.29) is 25.2 Å². The standard InChI is InChI=1S/C18H23F3N2O5/c1-17(2,3)28-16(26)22-7-8-23(13(10-22)11-24)15(25)12-5-4-6-14(9-12)27-18(19,20)21/h4-6,9,13,24H,7-8,10-11H2,1-3H3. The summed E-state index contributed by atoms with van der Waals surface area (Å²) in [5.74, 6) is -1.07. The van der Waals surface area contributed by atoms with Gasteiger partial charge in [-0.15, -0.1) is 13.2 Å². The minimum absolute atomic E-state index is 0.00841. The van der Waals surface area contributed by atoms with Crippen molar-refractivity contribution in [2.24, 2.45) is 0 Å². The zero-order chi connectivity index (χ0) is 21.1. The Morgan fingerprint density at radius 1 is 1.21 bits per heavy atom. The van der Waals surface area contributed by atoms with Crippen LogP contribution in [0.3, 0.4) is 0 Å². The van der Waals surface area contributed by atoms with E-state index in [1.165, 1.54) is 21.9 Å². The molecule has 1 saturated heterocycles. The highest BCUT2D eigenvalue weighted by Gasteiger charge is 2.35. The number of aliphatic hydroxyl groups is 1. The van der Waals surface area contributed by atoms with E-state index in [0.29, 0.717) is 0 Å². The second-order valence-electron chi connectivity index (χ2n) is 7.34. The quantitative estimate of drug-likeness (QED) is 0.838. The van der Waals surface area contributed by atoms with Crippen LogP contribution >= 0.6 is 0 Å². The summed E-state index contributed by atoms with van der Waals surface area (Å²) in [6, 6.07) is 4.01. The molecule has 0 aliphatic carbocycles. The molecule has 0 saturated carbocycles. The summed E-state index contributed by atoms with van der Waals surface area (Å²) in [6.45, 7) is 5.10. The zero-order valence-electron chi connectivity index (χ0n) is 15.8. The maximum atomic E-state index is 12.7. The SMILES string of the molecule is CC(C)(C)OC(=O)N1CCN(C(=O)c2cccc(OC(F)(F)F)c2)C(CO)C1. The topological polar surface area (TPSA) is 79.3 Å². The maximum absolute atomic E-state index is 12.7. The molecule has 0 bridgehead atoms. The summed E-state index contributed by atoms with van der Waals surface area (Å²) in [4.78, 5) is 27.6. The highest BCUT2D eigenvalue weighted by molar-refractivity contribution is 5.95. The summed E-state index contributed by atoms with van der Waals surface area (Å²) in [5.41, 5.74) is -0.691. The molecule has 1 aliphatic heterocycles. The summed E-state index contributed by atoms with van der Waals surface area (Å²) >= 11 is 0. The van der Waals surface area contributed by atoms with E-state index in [1.807, 2.05) is 0 Å². The number of hydrogen-bond acceptors (Lipinski definition) is 5. The molecule has 1 aromatic rings. The van der Waals surface area contributed by atoms with Crippen LogP contribution in [0.2, 0.25) is 0 Å². The molecular weight excluding hydrogens is 381 g/mol. The van der Waals surface area contributed by atoms with Gasteiger partial charge in [0.1, 0.15) is 11.4 Å². The predicted molar refractivity (Wildman–Crippen MR) is 92.8 cm³/mol. The molecule has 28 heavy (non-hydrogen) atoms. The van der Waals surface area contributed by atoms with E-state index in [4.69, 9.17) is 4.74 Å². The fraction of sp³-hybridized carbons (Fsp3) is 0.556. The van der Waals surface area contributed by atoms with Crippen LogP contribution < -0.4 is 4.74 Å². The van der Waals surface area contributed by atoms with Crippen molar-refractivity contribution in [3.63, 3.8) is 0 Å². The summed E-state index contributed by atoms with van der Waals surface area (Å²) in [7, 11) is 0. The fourth-order valence-electron chi connectivity index (χ4n) is 2.76. The Hall–Kier alpha value is -2.49. The first-order valence-corrected chi connectivity index (χ1v) is 8.65. The second kappa shape index (κ2) is 8.26. The van der Waals surface area contributed by atoms with Crippen molar-refractivity contribution in [2.45, 2.75) is 38.8 Å². The average Bonchev–Trinajstić information content (AvgIpc) is 2.57. The first-order chi connectivity index (χ1) is 12.9. The predicted octanol–water partition coefficient (Wildman–Crippen LogP) is 2.64. The van der Waals surface area contributed by atoms with Gasteiger partial charge >= 0.3 is 12.5 Å². The number of hydrogen-bond donors (Lipinski definition) is 1. The largest absolute Gasteiger partial charge is 0.573 e. The third-order valence-corrected chi connectivity index (χ3v) is 3.92. The molecule has 0 radical (unpaired) electrons. The van der Waals surface area contributed by atoms with Crippen LogP contribution in [0.25, 0.3) is 0 Å². The van der Waals surface area contributed by atoms with Crippen LogP contribution in [-0.4, -0.2) is 71.2 Å². The lowest BCUT2D eigenvalue weighted by atomic mass is 10.1. The van der Waals surface area contributed by atoms with E-state index in [9.17, 15) is 27.9 Å². The number of aliphatic hydroxyl groups excluding tert-OH is 1. The number of piperazine rings is 1. The molecule has 2 rings (SSSR count). The third kappa shape index (κ3) is 6.01. The number of alkyl halides is 3. The summed E-state index contributed by atoms with van der Waals surface area (Å²) in [6.07, 6.45) is -5.42. The number of ether oxygens (including phenoxy) is 2. The van der Waals surface area contributed by atoms with Gasteiger partial charge in [0.05, 0.1) is 12.6 Å². The van der Waals surface area contributed by atoms with Gasteiger partial charge in [-0.1, -0.05) is 6.07 Å². The average molecular weight is 404 g/mol. The lowest BCUT2D eigenvalue weighted by molar-refractivity contribution is -0.274. The van der Waals surface area contributed by atoms with Crippen molar-refractivity contribution in [3.8, 4) is 5.75 Å². The fourth-order valence-corrected chi connectivity index (χ4v) is 2.76. The molecule has 2 amide bonds. The number of amides is 2. The number of benzene rings is 1. The summed E-state index contributed by atoms with van der Waals surface area (Å²) < 4.78 is 46.3. The lowest BCUT2D eigenvalue weighted by Gasteiger charge is -2.41. The molecule has 0 aromatic heterocycles. The molecule has 1 fully saturated rings. The van der Waals surface area contributed by atoms with Gasteiger partial charge in [-0.05, 0) is 39.0 Å². The highest BCUT2D eigenvalue weighted by atomic mass is 19.4. The van der Waals surface area contributed by atoms with Crippen molar-refractivity contribution in [1.29, 1.82) is 0 Å². The zero-order valence-corrected chi connectivity index (χ0v) is 15.8. The highest BCUT2D eigenvalue weighted by Crippen LogP contribution is 2.25. The van der Waals surface area contributed by atoms with Crippen LogP contribution in [0, 0.1) is 0 Å². The number of nitrogens with zero attached hydrogens (tertiary/aromatic N) is 2. The monoisotopic (exact) mass is 404 g/mol. The Kier molecular flexibility index (Phi) is 6.43. The van der Waals surface area contributed by atoms with Crippen molar-refractivity contribution >= 4 is 12.0 Å². The van der Waals surface area contributed by atoms with Gasteiger partial charge in [-0.3, -0.25) is 4.79 Å². The number of rotatable bonds is 3. The van der Waals surface area contributed by atoms with E-state index >= 15 is 0 Å². The second-order valence-corrected chi connectivity index (χ2v) is 7.34. The molecule has 10 heteroatoms. The van der Waals surface area contributed by atoms with Gasteiger partial charge in [0.25, 0.3) is 5.91 Å². The van der Waals surface area contributed by atoms with Gasteiger partial charge in [0.15, 0.2) is 0 Å². The van der Waals surface area contributed by atoms with Crippen LogP contribution in [-0.2, 0) is 4.74 Å². The Labute approximate surface area is 160 Å². The number of carbonyl (C=O) groups is 2. The van der Waals surface area contributed by atoms with Gasteiger partial charge < -0.3 is 24.4 Å². The van der Waals surface area contributed by atoms with Crippen molar-refractivity contribution < 1.29 is 37.3 Å². The van der Waals surface area contributed by atoms with Gasteiger partial charge in [-0.2, -0.15) is 0 Å². The Morgan fingerprint density at radius 3 is 2.46 bits per heavy atom. The van der Waals surface area contributed by atoms with Crippen molar-refractivity contribution in [3.05, 3.63) is 29.8 Å². The molecule has 1 heterocycles. The van der Waals surface area contributed by atoms with Crippen molar-refractivity contribution in [2.75, 3.05) is 26.2 Å². The smallest absolute Gasteiger partial charge is 0.444 e. The molecule has 1 aromatic carbocycles. The van der Waals surface area contributed by atoms with E-state index in [1.54, 1.807) is 20.8 Å². The number of carbonyl (C=O) groups excluding carboxylic acids is 2. The van der Waals surface area contributed by atoms with Crippen LogP contribution in [0.5, 0.6) is 5.75 Å². The van der Waals surface area contributed by atoms with Crippen LogP contribution in [0.15, 0.2) is 24.3 Å². The molecule has 1 N–H and O–H groups in total. The summed E-state index contributed by atoms with van der Waals surface area (Å²) in [5, 5.41) is 9.65. The van der Waals surface area contributed by atoms with E-state index in [0.717, 1.165) is 12.1 Å². The minimum atomic E-state index is -4.87. The first-order valence-electron chi connectivity index (χ1n) is 8.65. The van der Waals surface area contributed by atoms with Crippen LogP contribution in [0.4, 0.5) is 18.0 Å². The Morgan fingerprint density at radius 2 is 1.89 bits per heavy atom. The molecule has 1 unspecified atom stereocenters. The molecule has 1 aliphatic rings. The first kappa shape index (κ1) is 21.8. The molecular formula is C18H23F3N2O5. The van der Waals surface area contributed by atoms with Gasteiger partial charge in [0, 0.05) is 25.2 Å². The van der Waals surface area contributed by atoms with Gasteiger partial charge in [0.2, 0.25) is 0 Å². The lowest BCUT2D eigenvalue weighted by Crippen LogP contribution is -2.58. The van der Waals surface area contributed by atoms with Crippen molar-refractivity contribution in [1.82, 2.24) is 9.80 Å². The number of halogens is 3. The molecule has 156 valence electrons. The Balaban J connectivity index is 2.10. The minimum Gasteiger partial charge on any atom is -0.444 e. The molecule has 7 nitrogen and oxygen atoms in total. The molecule has 1 atom stereocenters. The Bertz CT molecular complexity index is 718. The van der Waals surface area contributed by atoms with E-state index in [2.05, 4.69) is 4.74 Å². The normalized spacial score (nSPS) is 18.0. The third-order valence-electron chi connectivity index (χ3n) is 3.92. The van der Waals surface area contributed by atoms with Crippen LogP contribution in [0.1, 0.15) is 31.1 Å².